The maximum atomic E-state index is 13.2. The van der Waals surface area contributed by atoms with Crippen LogP contribution in [0.4, 0.5) is 0 Å². The van der Waals surface area contributed by atoms with Crippen LogP contribution in [0.1, 0.15) is 61.3 Å². The molecule has 0 unspecified atom stereocenters. The van der Waals surface area contributed by atoms with E-state index in [4.69, 9.17) is 15.9 Å². The molecule has 0 fully saturated rings. The number of nitrogens with one attached hydrogen (secondary N) is 6. The largest absolute Gasteiger partial charge is 0.480 e. The van der Waals surface area contributed by atoms with Gasteiger partial charge in [-0.15, -0.1) is 0 Å². The van der Waals surface area contributed by atoms with E-state index in [1.807, 2.05) is 13.8 Å². The molecular formula is C28H51N7O11. The number of aliphatic carboxylic acids is 1. The number of hydrogen-bond donors (Lipinski definition) is 11. The Morgan fingerprint density at radius 3 is 1.37 bits per heavy atom. The van der Waals surface area contributed by atoms with E-state index in [0.29, 0.717) is 6.42 Å². The number of amides is 6. The highest BCUT2D eigenvalue weighted by atomic mass is 16.4. The molecule has 264 valence electrons. The van der Waals surface area contributed by atoms with Crippen LogP contribution < -0.4 is 37.6 Å². The van der Waals surface area contributed by atoms with Crippen LogP contribution in [0, 0.1) is 11.8 Å². The maximum absolute atomic E-state index is 13.2. The van der Waals surface area contributed by atoms with Gasteiger partial charge in [-0.1, -0.05) is 27.7 Å². The van der Waals surface area contributed by atoms with Crippen molar-refractivity contribution in [2.45, 2.75) is 110 Å². The summed E-state index contributed by atoms with van der Waals surface area (Å²) >= 11 is 0. The van der Waals surface area contributed by atoms with Crippen molar-refractivity contribution < 1.29 is 54.0 Å². The molecule has 18 nitrogen and oxygen atoms in total. The molecule has 0 aliphatic rings. The minimum absolute atomic E-state index is 0.0561. The third-order valence-corrected chi connectivity index (χ3v) is 6.58. The van der Waals surface area contributed by atoms with Crippen molar-refractivity contribution in [1.82, 2.24) is 31.9 Å². The SMILES string of the molecule is CC(C)C[C@H](NC(=O)[C@@H](NC(=O)[C@H](CO)NC(=O)[C@H](C)NC(=O)[C@@H](N)CC(C)C)[C@@H](C)O)C(=O)N[C@@H](C)C(=O)N[C@@H](CO)C(=O)O. The molecule has 6 amide bonds. The Hall–Kier alpha value is -3.87. The van der Waals surface area contributed by atoms with Gasteiger partial charge in [0.05, 0.1) is 25.4 Å². The fraction of sp³-hybridized carbons (Fsp3) is 0.750. The standard InChI is InChI=1S/C28H51N7O11/c1-12(2)8-17(29)24(41)30-14(5)22(39)33-19(10-36)26(43)35-21(16(7)38)27(44)32-18(9-13(3)4)25(42)31-15(6)23(40)34-20(11-37)28(45)46/h12-21,36-38H,8-11,29H2,1-7H3,(H,30,41)(H,31,42)(H,32,44)(H,33,39)(H,34,40)(H,35,43)(H,45,46)/t14-,15-,16+,17-,18-,19-,20-,21-/m0/s1. The molecule has 18 heteroatoms. The summed E-state index contributed by atoms with van der Waals surface area (Å²) in [6, 6.07) is -9.39. The van der Waals surface area contributed by atoms with Gasteiger partial charge in [0.15, 0.2) is 0 Å². The molecule has 0 aromatic carbocycles. The molecular weight excluding hydrogens is 610 g/mol. The second-order valence-corrected chi connectivity index (χ2v) is 11.9. The van der Waals surface area contributed by atoms with Crippen molar-refractivity contribution in [3.63, 3.8) is 0 Å². The number of hydrogen-bond acceptors (Lipinski definition) is 11. The zero-order valence-corrected chi connectivity index (χ0v) is 27.3. The van der Waals surface area contributed by atoms with Crippen LogP contribution in [0.5, 0.6) is 0 Å². The van der Waals surface area contributed by atoms with E-state index in [1.54, 1.807) is 13.8 Å². The molecule has 0 radical (unpaired) electrons. The van der Waals surface area contributed by atoms with E-state index in [2.05, 4.69) is 31.9 Å². The quantitative estimate of drug-likeness (QED) is 0.0592. The average Bonchev–Trinajstić information content (AvgIpc) is 2.95. The molecule has 0 rings (SSSR count). The number of rotatable bonds is 20. The summed E-state index contributed by atoms with van der Waals surface area (Å²) in [5.74, 6) is -6.76. The molecule has 0 aromatic heterocycles. The Bertz CT molecular complexity index is 1070. The van der Waals surface area contributed by atoms with Crippen molar-refractivity contribution in [2.24, 2.45) is 17.6 Å². The molecule has 0 aliphatic carbocycles. The second-order valence-electron chi connectivity index (χ2n) is 11.9. The Morgan fingerprint density at radius 1 is 0.543 bits per heavy atom. The highest BCUT2D eigenvalue weighted by Crippen LogP contribution is 2.08. The maximum Gasteiger partial charge on any atom is 0.328 e. The van der Waals surface area contributed by atoms with Gasteiger partial charge < -0.3 is 58.1 Å². The van der Waals surface area contributed by atoms with Crippen LogP contribution in [0.3, 0.4) is 0 Å². The lowest BCUT2D eigenvalue weighted by molar-refractivity contribution is -0.143. The fourth-order valence-electron chi connectivity index (χ4n) is 3.98. The van der Waals surface area contributed by atoms with Crippen molar-refractivity contribution in [3.8, 4) is 0 Å². The van der Waals surface area contributed by atoms with Crippen LogP contribution in [0.25, 0.3) is 0 Å². The van der Waals surface area contributed by atoms with Crippen molar-refractivity contribution in [3.05, 3.63) is 0 Å². The van der Waals surface area contributed by atoms with E-state index >= 15 is 0 Å². The fourth-order valence-corrected chi connectivity index (χ4v) is 3.98. The lowest BCUT2D eigenvalue weighted by Gasteiger charge is -2.28. The average molecular weight is 662 g/mol. The van der Waals surface area contributed by atoms with Crippen molar-refractivity contribution >= 4 is 41.4 Å². The van der Waals surface area contributed by atoms with Gasteiger partial charge in [-0.2, -0.15) is 0 Å². The summed E-state index contributed by atoms with van der Waals surface area (Å²) in [4.78, 5) is 87.3. The van der Waals surface area contributed by atoms with Crippen LogP contribution in [-0.4, -0.2) is 123 Å². The van der Waals surface area contributed by atoms with Gasteiger partial charge in [-0.05, 0) is 45.4 Å². The smallest absolute Gasteiger partial charge is 0.328 e. The normalized spacial score (nSPS) is 16.5. The van der Waals surface area contributed by atoms with Gasteiger partial charge in [0, 0.05) is 0 Å². The summed E-state index contributed by atoms with van der Waals surface area (Å²) in [5.41, 5.74) is 5.82. The first-order valence-electron chi connectivity index (χ1n) is 15.0. The molecule has 0 heterocycles. The molecule has 8 atom stereocenters. The molecule has 0 aromatic rings. The lowest BCUT2D eigenvalue weighted by Crippen LogP contribution is -2.62. The predicted molar refractivity (Wildman–Crippen MR) is 163 cm³/mol. The number of carbonyl (C=O) groups is 7. The number of carboxylic acids is 1. The van der Waals surface area contributed by atoms with Crippen LogP contribution in [0.15, 0.2) is 0 Å². The molecule has 46 heavy (non-hydrogen) atoms. The van der Waals surface area contributed by atoms with Gasteiger partial charge in [0.25, 0.3) is 0 Å². The van der Waals surface area contributed by atoms with E-state index in [1.165, 1.54) is 20.8 Å². The van der Waals surface area contributed by atoms with Gasteiger partial charge in [-0.25, -0.2) is 4.79 Å². The van der Waals surface area contributed by atoms with E-state index in [0.717, 1.165) is 0 Å². The third kappa shape index (κ3) is 14.9. The predicted octanol–water partition coefficient (Wildman–Crippen LogP) is -4.20. The summed E-state index contributed by atoms with van der Waals surface area (Å²) < 4.78 is 0. The highest BCUT2D eigenvalue weighted by Gasteiger charge is 2.34. The lowest BCUT2D eigenvalue weighted by atomic mass is 10.0. The first kappa shape index (κ1) is 42.1. The Balaban J connectivity index is 5.55. The Morgan fingerprint density at radius 2 is 0.957 bits per heavy atom. The number of aliphatic hydroxyl groups is 3. The van der Waals surface area contributed by atoms with Crippen molar-refractivity contribution in [1.29, 1.82) is 0 Å². The van der Waals surface area contributed by atoms with Gasteiger partial charge in [0.1, 0.15) is 36.3 Å². The van der Waals surface area contributed by atoms with E-state index < -0.39 is 103 Å². The van der Waals surface area contributed by atoms with E-state index in [9.17, 15) is 43.8 Å². The highest BCUT2D eigenvalue weighted by molar-refractivity contribution is 5.97. The number of carboxylic acid groups (broad SMARTS) is 1. The van der Waals surface area contributed by atoms with Gasteiger partial charge >= 0.3 is 5.97 Å². The number of aliphatic hydroxyl groups excluding tert-OH is 3. The summed E-state index contributed by atoms with van der Waals surface area (Å²) in [6.45, 7) is 9.21. The zero-order chi connectivity index (χ0) is 35.9. The third-order valence-electron chi connectivity index (χ3n) is 6.58. The first-order chi connectivity index (χ1) is 21.2. The van der Waals surface area contributed by atoms with Crippen LogP contribution in [0.2, 0.25) is 0 Å². The first-order valence-corrected chi connectivity index (χ1v) is 15.0. The minimum Gasteiger partial charge on any atom is -0.480 e. The van der Waals surface area contributed by atoms with Crippen LogP contribution in [-0.2, 0) is 33.6 Å². The summed E-state index contributed by atoms with van der Waals surface area (Å²) in [7, 11) is 0. The molecule has 0 saturated carbocycles. The number of nitrogens with two attached hydrogens (primary N) is 1. The van der Waals surface area contributed by atoms with Crippen molar-refractivity contribution in [2.75, 3.05) is 13.2 Å². The van der Waals surface area contributed by atoms with Gasteiger partial charge in [-0.3, -0.25) is 28.8 Å². The summed E-state index contributed by atoms with van der Waals surface area (Å²) in [5, 5.41) is 51.9. The minimum atomic E-state index is -1.66. The second kappa shape index (κ2) is 20.3. The monoisotopic (exact) mass is 661 g/mol. The molecule has 12 N–H and O–H groups in total. The molecule has 0 saturated heterocycles. The summed E-state index contributed by atoms with van der Waals surface area (Å²) in [6.07, 6.45) is -1.09. The Labute approximate surface area is 268 Å². The Kier molecular flexibility index (Phi) is 18.6. The zero-order valence-electron chi connectivity index (χ0n) is 27.3. The van der Waals surface area contributed by atoms with E-state index in [-0.39, 0.29) is 18.3 Å². The topological polar surface area (TPSA) is 299 Å². The van der Waals surface area contributed by atoms with Crippen LogP contribution >= 0.6 is 0 Å². The molecule has 0 bridgehead atoms. The molecule has 0 spiro atoms. The number of carbonyl (C=O) groups excluding carboxylic acids is 6. The van der Waals surface area contributed by atoms with Gasteiger partial charge in [0.2, 0.25) is 35.4 Å². The molecule has 0 aliphatic heterocycles.